The third-order valence-electron chi connectivity index (χ3n) is 3.44. The van der Waals surface area contributed by atoms with Crippen molar-refractivity contribution in [3.63, 3.8) is 0 Å². The van der Waals surface area contributed by atoms with Crippen molar-refractivity contribution in [3.05, 3.63) is 35.9 Å². The molecule has 1 aromatic carbocycles. The second kappa shape index (κ2) is 7.26. The number of hydrogen-bond donors (Lipinski definition) is 1. The van der Waals surface area contributed by atoms with Gasteiger partial charge in [-0.05, 0) is 18.4 Å². The summed E-state index contributed by atoms with van der Waals surface area (Å²) < 4.78 is 5.49. The summed E-state index contributed by atoms with van der Waals surface area (Å²) in [4.78, 5) is 14.0. The summed E-state index contributed by atoms with van der Waals surface area (Å²) in [5, 5.41) is 8.71. The fourth-order valence-electron chi connectivity index (χ4n) is 2.37. The normalized spacial score (nSPS) is 16.6. The Morgan fingerprint density at radius 1 is 1.26 bits per heavy atom. The van der Waals surface area contributed by atoms with E-state index in [4.69, 9.17) is 9.84 Å². The molecule has 1 amide bonds. The zero-order valence-electron chi connectivity index (χ0n) is 11.1. The van der Waals surface area contributed by atoms with Crippen LogP contribution in [0.5, 0.6) is 0 Å². The third kappa shape index (κ3) is 4.33. The molecule has 0 saturated carbocycles. The van der Waals surface area contributed by atoms with Gasteiger partial charge < -0.3 is 14.7 Å². The molecule has 1 aromatic rings. The van der Waals surface area contributed by atoms with Gasteiger partial charge in [-0.2, -0.15) is 0 Å². The van der Waals surface area contributed by atoms with Crippen molar-refractivity contribution in [3.8, 4) is 0 Å². The van der Waals surface area contributed by atoms with Gasteiger partial charge in [0.15, 0.2) is 0 Å². The Balaban J connectivity index is 1.76. The van der Waals surface area contributed by atoms with Crippen molar-refractivity contribution in [2.45, 2.75) is 25.4 Å². The molecule has 19 heavy (non-hydrogen) atoms. The first-order valence-corrected chi connectivity index (χ1v) is 6.84. The lowest BCUT2D eigenvalue weighted by atomic mass is 10.1. The number of rotatable bonds is 5. The molecule has 0 bridgehead atoms. The molecule has 1 heterocycles. The van der Waals surface area contributed by atoms with Crippen LogP contribution in [0.4, 0.5) is 0 Å². The Morgan fingerprint density at radius 2 is 1.95 bits per heavy atom. The van der Waals surface area contributed by atoms with Crippen molar-refractivity contribution in [1.29, 1.82) is 0 Å². The first kappa shape index (κ1) is 14.0. The lowest BCUT2D eigenvalue weighted by Crippen LogP contribution is -2.41. The standard InChI is InChI=1S/C15H21NO3/c17-10-11-19-14-6-8-16(9-7-14)15(18)12-13-4-2-1-3-5-13/h1-5,14,17H,6-12H2. The van der Waals surface area contributed by atoms with Crippen LogP contribution in [0.2, 0.25) is 0 Å². The number of nitrogens with zero attached hydrogens (tertiary/aromatic N) is 1. The number of aliphatic hydroxyl groups excluding tert-OH is 1. The Hall–Kier alpha value is -1.39. The summed E-state index contributed by atoms with van der Waals surface area (Å²) in [6.45, 7) is 1.96. The van der Waals surface area contributed by atoms with E-state index in [2.05, 4.69) is 0 Å². The molecule has 4 nitrogen and oxygen atoms in total. The molecule has 4 heteroatoms. The molecule has 0 aromatic heterocycles. The van der Waals surface area contributed by atoms with Gasteiger partial charge in [-0.3, -0.25) is 4.79 Å². The Labute approximate surface area is 114 Å². The number of piperidine rings is 1. The van der Waals surface area contributed by atoms with Crippen molar-refractivity contribution in [1.82, 2.24) is 4.90 Å². The fourth-order valence-corrected chi connectivity index (χ4v) is 2.37. The van der Waals surface area contributed by atoms with Crippen LogP contribution < -0.4 is 0 Å². The Kier molecular flexibility index (Phi) is 5.36. The van der Waals surface area contributed by atoms with E-state index < -0.39 is 0 Å². The molecular formula is C15H21NO3. The highest BCUT2D eigenvalue weighted by Gasteiger charge is 2.22. The van der Waals surface area contributed by atoms with Gasteiger partial charge in [0.2, 0.25) is 5.91 Å². The van der Waals surface area contributed by atoms with Crippen molar-refractivity contribution < 1.29 is 14.6 Å². The molecule has 2 rings (SSSR count). The number of carbonyl (C=O) groups is 1. The summed E-state index contributed by atoms with van der Waals surface area (Å²) in [6, 6.07) is 9.83. The van der Waals surface area contributed by atoms with E-state index in [0.717, 1.165) is 31.5 Å². The smallest absolute Gasteiger partial charge is 0.226 e. The second-order valence-corrected chi connectivity index (χ2v) is 4.84. The largest absolute Gasteiger partial charge is 0.394 e. The predicted molar refractivity (Wildman–Crippen MR) is 72.8 cm³/mol. The van der Waals surface area contributed by atoms with E-state index in [1.165, 1.54) is 0 Å². The van der Waals surface area contributed by atoms with Crippen molar-refractivity contribution in [2.75, 3.05) is 26.3 Å². The average molecular weight is 263 g/mol. The molecule has 1 saturated heterocycles. The van der Waals surface area contributed by atoms with E-state index in [1.54, 1.807) is 0 Å². The second-order valence-electron chi connectivity index (χ2n) is 4.84. The Morgan fingerprint density at radius 3 is 2.58 bits per heavy atom. The molecule has 0 aliphatic carbocycles. The van der Waals surface area contributed by atoms with Gasteiger partial charge in [0.1, 0.15) is 0 Å². The van der Waals surface area contributed by atoms with Crippen molar-refractivity contribution in [2.24, 2.45) is 0 Å². The molecule has 0 unspecified atom stereocenters. The molecule has 1 fully saturated rings. The first-order valence-electron chi connectivity index (χ1n) is 6.84. The number of amides is 1. The van der Waals surface area contributed by atoms with Crippen LogP contribution in [0, 0.1) is 0 Å². The summed E-state index contributed by atoms with van der Waals surface area (Å²) in [5.41, 5.74) is 1.06. The molecular weight excluding hydrogens is 242 g/mol. The number of carbonyl (C=O) groups excluding carboxylic acids is 1. The Bertz CT molecular complexity index is 386. The third-order valence-corrected chi connectivity index (χ3v) is 3.44. The van der Waals surface area contributed by atoms with E-state index >= 15 is 0 Å². The minimum Gasteiger partial charge on any atom is -0.394 e. The van der Waals surface area contributed by atoms with E-state index in [-0.39, 0.29) is 18.6 Å². The minimum atomic E-state index is 0.0627. The highest BCUT2D eigenvalue weighted by atomic mass is 16.5. The first-order chi connectivity index (χ1) is 9.29. The molecule has 0 radical (unpaired) electrons. The van der Waals surface area contributed by atoms with Crippen molar-refractivity contribution >= 4 is 5.91 Å². The van der Waals surface area contributed by atoms with Gasteiger partial charge in [-0.25, -0.2) is 0 Å². The zero-order valence-corrected chi connectivity index (χ0v) is 11.1. The zero-order chi connectivity index (χ0) is 13.5. The predicted octanol–water partition coefficient (Wildman–Crippen LogP) is 1.23. The maximum atomic E-state index is 12.1. The van der Waals surface area contributed by atoms with Crippen LogP contribution in [0.25, 0.3) is 0 Å². The summed E-state index contributed by atoms with van der Waals surface area (Å²) in [6.07, 6.45) is 2.39. The van der Waals surface area contributed by atoms with Gasteiger partial charge in [0.05, 0.1) is 25.7 Å². The fraction of sp³-hybridized carbons (Fsp3) is 0.533. The highest BCUT2D eigenvalue weighted by Crippen LogP contribution is 2.15. The van der Waals surface area contributed by atoms with Crippen LogP contribution in [0.1, 0.15) is 18.4 Å². The summed E-state index contributed by atoms with van der Waals surface area (Å²) in [5.74, 6) is 0.187. The van der Waals surface area contributed by atoms with Gasteiger partial charge in [0.25, 0.3) is 0 Å². The number of likely N-dealkylation sites (tertiary alicyclic amines) is 1. The minimum absolute atomic E-state index is 0.0627. The van der Waals surface area contributed by atoms with Gasteiger partial charge in [-0.1, -0.05) is 30.3 Å². The van der Waals surface area contributed by atoms with E-state index in [1.807, 2.05) is 35.2 Å². The summed E-state index contributed by atoms with van der Waals surface area (Å²) >= 11 is 0. The van der Waals surface area contributed by atoms with Gasteiger partial charge in [0, 0.05) is 13.1 Å². The molecule has 0 spiro atoms. The van der Waals surface area contributed by atoms with Crippen LogP contribution in [0.15, 0.2) is 30.3 Å². The molecule has 0 atom stereocenters. The van der Waals surface area contributed by atoms with Gasteiger partial charge >= 0.3 is 0 Å². The summed E-state index contributed by atoms with van der Waals surface area (Å²) in [7, 11) is 0. The van der Waals surface area contributed by atoms with Crippen LogP contribution in [0.3, 0.4) is 0 Å². The number of aliphatic hydroxyl groups is 1. The monoisotopic (exact) mass is 263 g/mol. The topological polar surface area (TPSA) is 49.8 Å². The maximum absolute atomic E-state index is 12.1. The molecule has 1 aliphatic heterocycles. The average Bonchev–Trinajstić information content (AvgIpc) is 2.46. The lowest BCUT2D eigenvalue weighted by Gasteiger charge is -2.32. The van der Waals surface area contributed by atoms with E-state index in [0.29, 0.717) is 13.0 Å². The van der Waals surface area contributed by atoms with Crippen LogP contribution in [-0.2, 0) is 16.0 Å². The number of benzene rings is 1. The molecule has 1 N–H and O–H groups in total. The quantitative estimate of drug-likeness (QED) is 0.869. The van der Waals surface area contributed by atoms with Gasteiger partial charge in [-0.15, -0.1) is 0 Å². The highest BCUT2D eigenvalue weighted by molar-refractivity contribution is 5.78. The number of hydrogen-bond acceptors (Lipinski definition) is 3. The van der Waals surface area contributed by atoms with E-state index in [9.17, 15) is 4.79 Å². The molecule has 1 aliphatic rings. The lowest BCUT2D eigenvalue weighted by molar-refractivity contribution is -0.133. The van der Waals surface area contributed by atoms with Crippen LogP contribution in [-0.4, -0.2) is 48.3 Å². The molecule has 104 valence electrons. The number of ether oxygens (including phenoxy) is 1. The maximum Gasteiger partial charge on any atom is 0.226 e. The van der Waals surface area contributed by atoms with Crippen LogP contribution >= 0.6 is 0 Å². The SMILES string of the molecule is O=C(Cc1ccccc1)N1CCC(OCCO)CC1.